The van der Waals surface area contributed by atoms with E-state index in [-0.39, 0.29) is 30.4 Å². The van der Waals surface area contributed by atoms with Crippen molar-refractivity contribution in [1.82, 2.24) is 14.9 Å². The zero-order chi connectivity index (χ0) is 22.7. The highest BCUT2D eigenvalue weighted by Gasteiger charge is 2.21. The fourth-order valence-electron chi connectivity index (χ4n) is 2.99. The number of aryl methyl sites for hydroxylation is 1. The number of ether oxygens (including phenoxy) is 1. The average Bonchev–Trinajstić information content (AvgIpc) is 3.35. The smallest absolute Gasteiger partial charge is 0.278 e. The number of nitrogens with zero attached hydrogens (tertiary/aromatic N) is 3. The number of nitrogens with one attached hydrogen (secondary N) is 1. The lowest BCUT2D eigenvalue weighted by Gasteiger charge is -2.08. The second kappa shape index (κ2) is 8.96. The monoisotopic (exact) mass is 442 g/mol. The van der Waals surface area contributed by atoms with Crippen molar-refractivity contribution < 1.29 is 27.2 Å². The highest BCUT2D eigenvalue weighted by molar-refractivity contribution is 6.03. The molecule has 7 nitrogen and oxygen atoms in total. The molecular weight excluding hydrogens is 425 g/mol. The van der Waals surface area contributed by atoms with Crippen LogP contribution < -0.4 is 10.1 Å². The summed E-state index contributed by atoms with van der Waals surface area (Å²) in [5, 5.41) is 10.5. The normalized spacial score (nSPS) is 10.9. The van der Waals surface area contributed by atoms with E-state index in [9.17, 15) is 18.0 Å². The molecule has 0 radical (unpaired) electrons. The third-order valence-corrected chi connectivity index (χ3v) is 4.65. The highest BCUT2D eigenvalue weighted by atomic mass is 19.1. The van der Waals surface area contributed by atoms with E-state index in [0.717, 1.165) is 12.1 Å². The summed E-state index contributed by atoms with van der Waals surface area (Å²) in [6.45, 7) is 1.55. The molecule has 2 aromatic heterocycles. The Morgan fingerprint density at radius 1 is 1.16 bits per heavy atom. The van der Waals surface area contributed by atoms with Crippen molar-refractivity contribution >= 4 is 11.6 Å². The number of amides is 1. The molecule has 0 fully saturated rings. The zero-order valence-corrected chi connectivity index (χ0v) is 16.8. The number of hydrogen-bond donors (Lipinski definition) is 1. The lowest BCUT2D eigenvalue weighted by atomic mass is 10.2. The molecular formula is C22H17F3N4O3. The van der Waals surface area contributed by atoms with Gasteiger partial charge in [-0.05, 0) is 25.1 Å². The highest BCUT2D eigenvalue weighted by Crippen LogP contribution is 2.22. The summed E-state index contributed by atoms with van der Waals surface area (Å²) in [6.07, 6.45) is 2.96. The minimum atomic E-state index is -0.868. The Morgan fingerprint density at radius 3 is 2.75 bits per heavy atom. The molecule has 0 atom stereocenters. The molecule has 0 aliphatic rings. The first-order chi connectivity index (χ1) is 15.4. The van der Waals surface area contributed by atoms with E-state index in [1.165, 1.54) is 16.9 Å². The van der Waals surface area contributed by atoms with Gasteiger partial charge in [0.2, 0.25) is 0 Å². The fourth-order valence-corrected chi connectivity index (χ4v) is 2.99. The number of carbonyl (C=O) groups is 1. The molecule has 0 saturated carbocycles. The molecule has 10 heteroatoms. The minimum absolute atomic E-state index is 0.0492. The van der Waals surface area contributed by atoms with Crippen molar-refractivity contribution in [3.8, 4) is 5.75 Å². The maximum Gasteiger partial charge on any atom is 0.278 e. The average molecular weight is 442 g/mol. The minimum Gasteiger partial charge on any atom is -0.486 e. The standard InChI is InChI=1S/C22H17F3N4O3/c1-13-17(12-31-20-7-6-15(23)8-19(20)25)21(28-32-13)22(30)27-16-9-26-29(11-16)10-14-4-2-3-5-18(14)24/h2-9,11H,10,12H2,1H3,(H,27,30). The van der Waals surface area contributed by atoms with E-state index in [1.807, 2.05) is 0 Å². The molecule has 0 aliphatic heterocycles. The molecule has 0 saturated heterocycles. The van der Waals surface area contributed by atoms with Gasteiger partial charge in [0, 0.05) is 17.8 Å². The summed E-state index contributed by atoms with van der Waals surface area (Å²) in [4.78, 5) is 12.7. The molecule has 0 bridgehead atoms. The molecule has 2 heterocycles. The van der Waals surface area contributed by atoms with Gasteiger partial charge in [-0.1, -0.05) is 23.4 Å². The Labute approximate surface area is 180 Å². The molecule has 32 heavy (non-hydrogen) atoms. The summed E-state index contributed by atoms with van der Waals surface area (Å²) < 4.78 is 52.6. The predicted octanol–water partition coefficient (Wildman–Crippen LogP) is 4.48. The summed E-state index contributed by atoms with van der Waals surface area (Å²) in [7, 11) is 0. The quantitative estimate of drug-likeness (QED) is 0.457. The SMILES string of the molecule is Cc1onc(C(=O)Nc2cnn(Cc3ccccc3F)c2)c1COc1ccc(F)cc1F. The number of benzene rings is 2. The number of anilines is 1. The first-order valence-corrected chi connectivity index (χ1v) is 9.51. The van der Waals surface area contributed by atoms with E-state index in [2.05, 4.69) is 15.6 Å². The number of aromatic nitrogens is 3. The fraction of sp³-hybridized carbons (Fsp3) is 0.136. The molecule has 1 N–H and O–H groups in total. The van der Waals surface area contributed by atoms with Crippen LogP contribution in [0, 0.1) is 24.4 Å². The zero-order valence-electron chi connectivity index (χ0n) is 16.8. The van der Waals surface area contributed by atoms with Crippen LogP contribution in [0.15, 0.2) is 59.4 Å². The molecule has 1 amide bonds. The summed E-state index contributed by atoms with van der Waals surface area (Å²) in [5.74, 6) is -2.40. The van der Waals surface area contributed by atoms with Crippen LogP contribution in [-0.4, -0.2) is 20.8 Å². The second-order valence-corrected chi connectivity index (χ2v) is 6.90. The van der Waals surface area contributed by atoms with Crippen molar-refractivity contribution in [1.29, 1.82) is 0 Å². The molecule has 164 valence electrons. The van der Waals surface area contributed by atoms with Crippen molar-refractivity contribution in [2.45, 2.75) is 20.1 Å². The van der Waals surface area contributed by atoms with Gasteiger partial charge in [-0.2, -0.15) is 5.10 Å². The van der Waals surface area contributed by atoms with Crippen LogP contribution in [0.5, 0.6) is 5.75 Å². The topological polar surface area (TPSA) is 82.2 Å². The molecule has 4 rings (SSSR count). The number of hydrogen-bond acceptors (Lipinski definition) is 5. The van der Waals surface area contributed by atoms with Gasteiger partial charge in [-0.25, -0.2) is 13.2 Å². The summed E-state index contributed by atoms with van der Waals surface area (Å²) in [6, 6.07) is 9.22. The van der Waals surface area contributed by atoms with Crippen LogP contribution in [0.1, 0.15) is 27.4 Å². The lowest BCUT2D eigenvalue weighted by molar-refractivity contribution is 0.101. The van der Waals surface area contributed by atoms with E-state index in [4.69, 9.17) is 9.26 Å². The van der Waals surface area contributed by atoms with Gasteiger partial charge in [0.25, 0.3) is 5.91 Å². The Morgan fingerprint density at radius 2 is 1.97 bits per heavy atom. The van der Waals surface area contributed by atoms with Crippen LogP contribution >= 0.6 is 0 Å². The van der Waals surface area contributed by atoms with Crippen LogP contribution in [-0.2, 0) is 13.2 Å². The Balaban J connectivity index is 1.44. The van der Waals surface area contributed by atoms with Crippen LogP contribution in [0.4, 0.5) is 18.9 Å². The van der Waals surface area contributed by atoms with Gasteiger partial charge in [0.15, 0.2) is 17.3 Å². The van der Waals surface area contributed by atoms with Gasteiger partial charge in [-0.15, -0.1) is 0 Å². The van der Waals surface area contributed by atoms with E-state index in [0.29, 0.717) is 28.6 Å². The van der Waals surface area contributed by atoms with Gasteiger partial charge in [0.05, 0.1) is 24.0 Å². The summed E-state index contributed by atoms with van der Waals surface area (Å²) in [5.41, 5.74) is 1.08. The number of rotatable bonds is 7. The molecule has 2 aromatic carbocycles. The third kappa shape index (κ3) is 4.64. The van der Waals surface area contributed by atoms with Crippen molar-refractivity contribution in [3.05, 3.63) is 94.9 Å². The van der Waals surface area contributed by atoms with Gasteiger partial charge >= 0.3 is 0 Å². The van der Waals surface area contributed by atoms with Crippen molar-refractivity contribution in [2.75, 3.05) is 5.32 Å². The maximum atomic E-state index is 13.8. The number of halogens is 3. The van der Waals surface area contributed by atoms with Crippen LogP contribution in [0.2, 0.25) is 0 Å². The number of carbonyl (C=O) groups excluding carboxylic acids is 1. The van der Waals surface area contributed by atoms with Crippen molar-refractivity contribution in [2.24, 2.45) is 0 Å². The van der Waals surface area contributed by atoms with Gasteiger partial charge < -0.3 is 14.6 Å². The van der Waals surface area contributed by atoms with E-state index < -0.39 is 17.5 Å². The van der Waals surface area contributed by atoms with Crippen molar-refractivity contribution in [3.63, 3.8) is 0 Å². The maximum absolute atomic E-state index is 13.8. The summed E-state index contributed by atoms with van der Waals surface area (Å²) >= 11 is 0. The molecule has 0 aliphatic carbocycles. The molecule has 4 aromatic rings. The Bertz CT molecular complexity index is 1270. The van der Waals surface area contributed by atoms with E-state index >= 15 is 0 Å². The Kier molecular flexibility index (Phi) is 5.93. The first-order valence-electron chi connectivity index (χ1n) is 9.51. The van der Waals surface area contributed by atoms with Crippen LogP contribution in [0.25, 0.3) is 0 Å². The van der Waals surface area contributed by atoms with Crippen LogP contribution in [0.3, 0.4) is 0 Å². The van der Waals surface area contributed by atoms with E-state index in [1.54, 1.807) is 31.3 Å². The lowest BCUT2D eigenvalue weighted by Crippen LogP contribution is -2.15. The van der Waals surface area contributed by atoms with Gasteiger partial charge in [0.1, 0.15) is 24.0 Å². The molecule has 0 spiro atoms. The largest absolute Gasteiger partial charge is 0.486 e. The predicted molar refractivity (Wildman–Crippen MR) is 108 cm³/mol. The Hall–Kier alpha value is -4.08. The third-order valence-electron chi connectivity index (χ3n) is 4.65. The second-order valence-electron chi connectivity index (χ2n) is 6.90. The first kappa shape index (κ1) is 21.2. The van der Waals surface area contributed by atoms with Gasteiger partial charge in [-0.3, -0.25) is 9.48 Å². The molecule has 0 unspecified atom stereocenters.